The van der Waals surface area contributed by atoms with E-state index in [4.69, 9.17) is 8.83 Å². The van der Waals surface area contributed by atoms with Crippen LogP contribution >= 0.6 is 0 Å². The smallest absolute Gasteiger partial charge is 0.143 e. The first kappa shape index (κ1) is 81.5. The van der Waals surface area contributed by atoms with Gasteiger partial charge in [-0.3, -0.25) is 0 Å². The molecule has 0 aliphatic heterocycles. The average Bonchev–Trinajstić information content (AvgIpc) is 1.11. The molecule has 0 aliphatic carbocycles. The quantitative estimate of drug-likeness (QED) is 0.0852. The van der Waals surface area contributed by atoms with Crippen LogP contribution in [-0.2, 0) is 0 Å². The van der Waals surface area contributed by atoms with Crippen molar-refractivity contribution in [3.05, 3.63) is 522 Å². The van der Waals surface area contributed by atoms with Crippen molar-refractivity contribution < 1.29 is 8.83 Å². The van der Waals surface area contributed by atoms with Gasteiger partial charge in [0.2, 0.25) is 0 Å². The van der Waals surface area contributed by atoms with Gasteiger partial charge in [-0.2, -0.15) is 0 Å². The summed E-state index contributed by atoms with van der Waals surface area (Å²) in [7, 11) is 0. The number of rotatable bonds is 17. The van der Waals surface area contributed by atoms with Gasteiger partial charge in [0.25, 0.3) is 0 Å². The Morgan fingerprint density at radius 1 is 0.141 bits per heavy atom. The van der Waals surface area contributed by atoms with Crippen LogP contribution in [0.3, 0.4) is 0 Å². The van der Waals surface area contributed by atoms with Crippen LogP contribution in [0.5, 0.6) is 0 Å². The van der Waals surface area contributed by atoms with E-state index in [0.717, 1.165) is 200 Å². The van der Waals surface area contributed by atoms with Crippen molar-refractivity contribution in [2.45, 2.75) is 0 Å². The van der Waals surface area contributed by atoms with Crippen LogP contribution < -0.4 is 9.80 Å². The van der Waals surface area contributed by atoms with Gasteiger partial charge in [0.15, 0.2) is 0 Å². The summed E-state index contributed by atoms with van der Waals surface area (Å²) in [5, 5.41) is 19.0. The van der Waals surface area contributed by atoms with Crippen molar-refractivity contribution in [3.63, 3.8) is 0 Å². The van der Waals surface area contributed by atoms with Crippen molar-refractivity contribution in [1.82, 2.24) is 9.13 Å². The zero-order valence-corrected chi connectivity index (χ0v) is 77.3. The summed E-state index contributed by atoms with van der Waals surface area (Å²) in [6, 6.07) is 192. The molecule has 6 heteroatoms. The molecule has 0 saturated carbocycles. The van der Waals surface area contributed by atoms with E-state index >= 15 is 0 Å². The Kier molecular flexibility index (Phi) is 19.2. The molecule has 0 fully saturated rings. The first-order valence-electron chi connectivity index (χ1n) is 48.7. The van der Waals surface area contributed by atoms with E-state index in [1.54, 1.807) is 0 Å². The molecule has 662 valence electrons. The largest absolute Gasteiger partial charge is 0.455 e. The third kappa shape index (κ3) is 13.6. The van der Waals surface area contributed by atoms with Crippen LogP contribution in [0.2, 0.25) is 0 Å². The molecule has 0 unspecified atom stereocenters. The fraction of sp³-hybridized carbons (Fsp3) is 0. The van der Waals surface area contributed by atoms with E-state index in [1.807, 2.05) is 12.1 Å². The van der Waals surface area contributed by atoms with Gasteiger partial charge in [0, 0.05) is 99.5 Å². The summed E-state index contributed by atoms with van der Waals surface area (Å²) in [5.41, 5.74) is 36.8. The third-order valence-electron chi connectivity index (χ3n) is 29.3. The Morgan fingerprint density at radius 2 is 0.444 bits per heavy atom. The molecule has 0 N–H and O–H groups in total. The van der Waals surface area contributed by atoms with E-state index in [9.17, 15) is 0 Å². The molecule has 0 saturated heterocycles. The first-order valence-corrected chi connectivity index (χ1v) is 48.7. The molecule has 4 aromatic heterocycles. The summed E-state index contributed by atoms with van der Waals surface area (Å²) in [5.74, 6) is 0. The van der Waals surface area contributed by atoms with E-state index in [0.29, 0.717) is 0 Å². The lowest BCUT2D eigenvalue weighted by Crippen LogP contribution is -2.10. The lowest BCUT2D eigenvalue weighted by molar-refractivity contribution is 0.669. The van der Waals surface area contributed by atoms with Gasteiger partial charge >= 0.3 is 0 Å². The molecule has 28 aromatic rings. The molecule has 0 atom stereocenters. The summed E-state index contributed by atoms with van der Waals surface area (Å²) < 4.78 is 18.2. The number of furan rings is 2. The van der Waals surface area contributed by atoms with Crippen LogP contribution in [0.25, 0.3) is 242 Å². The zero-order valence-electron chi connectivity index (χ0n) is 77.3. The van der Waals surface area contributed by atoms with Crippen molar-refractivity contribution in [3.8, 4) is 112 Å². The highest BCUT2D eigenvalue weighted by Gasteiger charge is 2.27. The minimum Gasteiger partial charge on any atom is -0.455 e. The SMILES string of the molecule is c1cc(-c2ccccc2-c2ccccc2-n2c3ccccc3c3cc(-c4ccc5cc(-c6cccc(N(c7ccc(-c8cccc9c8oc8ccccc89)cc7)c7cccc(-c8ccccc8-c8ccccc8-n8c9ccccc9c9ccccc98)c7)c6)c6ccccc6c5c4)ccc32)cc(N(c2ccc(-c3cc4ccccc4c4ccccc34)cc2)c2ccc(-c3cccc4c3oc3ccccc34)cc2)c1. The number of fused-ring (bicyclic) bond motifs is 18. The topological polar surface area (TPSA) is 42.6 Å². The summed E-state index contributed by atoms with van der Waals surface area (Å²) in [6.45, 7) is 0. The monoisotopic (exact) mass is 1810 g/mol. The Labute approximate surface area is 819 Å². The molecule has 142 heavy (non-hydrogen) atoms. The molecule has 0 spiro atoms. The van der Waals surface area contributed by atoms with Gasteiger partial charge in [0.05, 0.1) is 33.4 Å². The van der Waals surface area contributed by atoms with Gasteiger partial charge in [-0.05, 0) is 267 Å². The van der Waals surface area contributed by atoms with Crippen molar-refractivity contribution in [2.24, 2.45) is 0 Å². The maximum Gasteiger partial charge on any atom is 0.143 e. The van der Waals surface area contributed by atoms with Crippen molar-refractivity contribution in [1.29, 1.82) is 0 Å². The Morgan fingerprint density at radius 3 is 0.923 bits per heavy atom. The third-order valence-corrected chi connectivity index (χ3v) is 29.3. The summed E-state index contributed by atoms with van der Waals surface area (Å²) in [6.07, 6.45) is 0. The minimum absolute atomic E-state index is 0.880. The molecule has 0 aliphatic rings. The highest BCUT2D eigenvalue weighted by Crippen LogP contribution is 2.51. The maximum atomic E-state index is 6.66. The fourth-order valence-corrected chi connectivity index (χ4v) is 22.8. The van der Waals surface area contributed by atoms with E-state index in [1.165, 1.54) is 75.8 Å². The van der Waals surface area contributed by atoms with E-state index in [2.05, 4.69) is 529 Å². The first-order chi connectivity index (χ1) is 70.4. The lowest BCUT2D eigenvalue weighted by atomic mass is 9.91. The van der Waals surface area contributed by atoms with Gasteiger partial charge in [-0.15, -0.1) is 0 Å². The van der Waals surface area contributed by atoms with Gasteiger partial charge in [-0.1, -0.05) is 376 Å². The van der Waals surface area contributed by atoms with Gasteiger partial charge in [-0.25, -0.2) is 0 Å². The molecule has 28 rings (SSSR count). The number of benzene rings is 24. The minimum atomic E-state index is 0.880. The highest BCUT2D eigenvalue weighted by atomic mass is 16.3. The molecule has 0 radical (unpaired) electrons. The second kappa shape index (κ2) is 33.5. The number of aromatic nitrogens is 2. The normalized spacial score (nSPS) is 11.8. The molecular weight excluding hydrogens is 1720 g/mol. The predicted octanol–water partition coefficient (Wildman–Crippen LogP) is 38.2. The van der Waals surface area contributed by atoms with Crippen LogP contribution in [0.15, 0.2) is 531 Å². The second-order valence-corrected chi connectivity index (χ2v) is 37.2. The average molecular weight is 1810 g/mol. The number of hydrogen-bond donors (Lipinski definition) is 0. The van der Waals surface area contributed by atoms with Crippen LogP contribution in [-0.4, -0.2) is 9.13 Å². The van der Waals surface area contributed by atoms with Gasteiger partial charge in [0.1, 0.15) is 22.3 Å². The molecule has 24 aromatic carbocycles. The highest BCUT2D eigenvalue weighted by molar-refractivity contribution is 6.19. The molecular formula is C136H86N4O2. The number of anilines is 6. The van der Waals surface area contributed by atoms with Crippen LogP contribution in [0.1, 0.15) is 0 Å². The Bertz CT molecular complexity index is 9910. The fourth-order valence-electron chi connectivity index (χ4n) is 22.8. The molecule has 4 heterocycles. The van der Waals surface area contributed by atoms with E-state index < -0.39 is 0 Å². The summed E-state index contributed by atoms with van der Waals surface area (Å²) in [4.78, 5) is 4.82. The summed E-state index contributed by atoms with van der Waals surface area (Å²) >= 11 is 0. The Hall–Kier alpha value is -18.9. The van der Waals surface area contributed by atoms with Crippen LogP contribution in [0.4, 0.5) is 34.1 Å². The van der Waals surface area contributed by atoms with E-state index in [-0.39, 0.29) is 0 Å². The van der Waals surface area contributed by atoms with Crippen molar-refractivity contribution in [2.75, 3.05) is 9.80 Å². The lowest BCUT2D eigenvalue weighted by Gasteiger charge is -2.27. The zero-order chi connectivity index (χ0) is 93.4. The molecule has 0 amide bonds. The predicted molar refractivity (Wildman–Crippen MR) is 598 cm³/mol. The number of hydrogen-bond acceptors (Lipinski definition) is 4. The van der Waals surface area contributed by atoms with Crippen LogP contribution in [0, 0.1) is 0 Å². The maximum absolute atomic E-state index is 6.66. The molecule has 0 bridgehead atoms. The Balaban J connectivity index is 0.522. The standard InChI is InChI=1S/C136H86N4O2/c1-2-37-105-95(30-1)85-123(111-43-8-7-40-108(105)111)89-70-77-98(78-71-89)137(97-73-66-87(67-74-97)106-53-28-55-121-119-51-16-23-62-133(119)141-135(106)121)100-34-25-31-92(80-100)103-38-3-6-42-110(103)115-47-12-19-58-128(115)140-131-61-22-15-50-118(131)126-84-91(72-79-132(126)140)90-64-65-96-86-125(113-45-10-9-44-112(113)124(96)83-90)94-33-27-36-102(82-94)138(99-75-68-88(69-76-99)107-54-29-56-122-120-52-17-24-63-134(120)142-136(107)122)101-35-26-32-93(81-101)104-39-4-5-41-109(104)114-46-11-18-57-127(114)139-129-59-20-13-48-116(129)117-49-14-21-60-130(117)139/h1-86H. The van der Waals surface area contributed by atoms with Gasteiger partial charge < -0.3 is 27.8 Å². The number of nitrogens with zero attached hydrogens (tertiary/aromatic N) is 4. The number of para-hydroxylation sites is 9. The molecule has 6 nitrogen and oxygen atoms in total. The second-order valence-electron chi connectivity index (χ2n) is 37.2. The van der Waals surface area contributed by atoms with Crippen molar-refractivity contribution >= 4 is 165 Å².